The Balaban J connectivity index is 2.89. The van der Waals surface area contributed by atoms with Crippen LogP contribution in [-0.2, 0) is 6.42 Å². The van der Waals surface area contributed by atoms with E-state index in [0.29, 0.717) is 18.2 Å². The molecule has 0 fully saturated rings. The van der Waals surface area contributed by atoms with Gasteiger partial charge < -0.3 is 10.5 Å². The van der Waals surface area contributed by atoms with Crippen LogP contribution in [0.2, 0.25) is 0 Å². The monoisotopic (exact) mass is 239 g/mol. The van der Waals surface area contributed by atoms with Gasteiger partial charge in [0.25, 0.3) is 0 Å². The standard InChI is InChI=1S/C13H18ClNO/c1-9-6-12(4-5-15)7-10(2)13(9)16-8-11(3)14/h6-7H,3-5,8,15H2,1-2H3. The second-order valence-electron chi connectivity index (χ2n) is 3.90. The zero-order valence-corrected chi connectivity index (χ0v) is 10.6. The van der Waals surface area contributed by atoms with Crippen LogP contribution in [0.4, 0.5) is 0 Å². The maximum atomic E-state index is 5.68. The Morgan fingerprint density at radius 2 is 1.94 bits per heavy atom. The summed E-state index contributed by atoms with van der Waals surface area (Å²) < 4.78 is 5.60. The van der Waals surface area contributed by atoms with E-state index in [1.807, 2.05) is 13.8 Å². The molecular formula is C13H18ClNO. The van der Waals surface area contributed by atoms with Crippen molar-refractivity contribution in [3.63, 3.8) is 0 Å². The van der Waals surface area contributed by atoms with Crippen LogP contribution < -0.4 is 10.5 Å². The summed E-state index contributed by atoms with van der Waals surface area (Å²) in [7, 11) is 0. The molecule has 1 aromatic carbocycles. The summed E-state index contributed by atoms with van der Waals surface area (Å²) in [4.78, 5) is 0. The van der Waals surface area contributed by atoms with Crippen molar-refractivity contribution in [2.24, 2.45) is 5.73 Å². The fourth-order valence-corrected chi connectivity index (χ4v) is 1.78. The molecule has 0 saturated carbocycles. The van der Waals surface area contributed by atoms with Crippen molar-refractivity contribution in [1.29, 1.82) is 0 Å². The molecule has 88 valence electrons. The number of nitrogens with two attached hydrogens (primary N) is 1. The van der Waals surface area contributed by atoms with E-state index < -0.39 is 0 Å². The zero-order chi connectivity index (χ0) is 12.1. The minimum Gasteiger partial charge on any atom is -0.487 e. The third-order valence-corrected chi connectivity index (χ3v) is 2.44. The molecule has 16 heavy (non-hydrogen) atoms. The van der Waals surface area contributed by atoms with Crippen LogP contribution in [0.25, 0.3) is 0 Å². The lowest BCUT2D eigenvalue weighted by Gasteiger charge is -2.13. The molecule has 0 aromatic heterocycles. The largest absolute Gasteiger partial charge is 0.487 e. The zero-order valence-electron chi connectivity index (χ0n) is 9.85. The van der Waals surface area contributed by atoms with Gasteiger partial charge in [-0.25, -0.2) is 0 Å². The highest BCUT2D eigenvalue weighted by atomic mass is 35.5. The van der Waals surface area contributed by atoms with E-state index in [1.54, 1.807) is 0 Å². The van der Waals surface area contributed by atoms with Gasteiger partial charge in [-0.05, 0) is 43.5 Å². The van der Waals surface area contributed by atoms with Crippen LogP contribution in [-0.4, -0.2) is 13.2 Å². The number of ether oxygens (including phenoxy) is 1. The quantitative estimate of drug-likeness (QED) is 0.858. The van der Waals surface area contributed by atoms with Gasteiger partial charge in [0.15, 0.2) is 0 Å². The predicted octanol–water partition coefficient (Wildman–Crippen LogP) is 2.94. The van der Waals surface area contributed by atoms with E-state index >= 15 is 0 Å². The van der Waals surface area contributed by atoms with E-state index in [4.69, 9.17) is 22.1 Å². The van der Waals surface area contributed by atoms with Crippen molar-refractivity contribution in [3.8, 4) is 5.75 Å². The molecule has 2 N–H and O–H groups in total. The summed E-state index contributed by atoms with van der Waals surface area (Å²) in [6.07, 6.45) is 0.893. The topological polar surface area (TPSA) is 35.2 Å². The fourth-order valence-electron chi connectivity index (χ4n) is 1.73. The minimum absolute atomic E-state index is 0.347. The summed E-state index contributed by atoms with van der Waals surface area (Å²) in [6, 6.07) is 4.21. The molecule has 1 rings (SSSR count). The average Bonchev–Trinajstić information content (AvgIpc) is 2.16. The van der Waals surface area contributed by atoms with Crippen molar-refractivity contribution < 1.29 is 4.74 Å². The Kier molecular flexibility index (Phi) is 4.84. The number of hydrogen-bond acceptors (Lipinski definition) is 2. The van der Waals surface area contributed by atoms with Crippen molar-refractivity contribution in [1.82, 2.24) is 0 Å². The first-order chi connectivity index (χ1) is 7.54. The van der Waals surface area contributed by atoms with E-state index in [1.165, 1.54) is 5.56 Å². The summed E-state index contributed by atoms with van der Waals surface area (Å²) in [5, 5.41) is 0.504. The van der Waals surface area contributed by atoms with E-state index in [9.17, 15) is 0 Å². The Morgan fingerprint density at radius 3 is 2.38 bits per heavy atom. The first kappa shape index (κ1) is 13.1. The highest BCUT2D eigenvalue weighted by molar-refractivity contribution is 6.29. The van der Waals surface area contributed by atoms with Crippen LogP contribution in [0, 0.1) is 13.8 Å². The maximum Gasteiger partial charge on any atom is 0.125 e. The highest BCUT2D eigenvalue weighted by Gasteiger charge is 2.06. The van der Waals surface area contributed by atoms with Gasteiger partial charge in [-0.3, -0.25) is 0 Å². The van der Waals surface area contributed by atoms with Crippen molar-refractivity contribution in [2.45, 2.75) is 20.3 Å². The maximum absolute atomic E-state index is 5.68. The molecular weight excluding hydrogens is 222 g/mol. The van der Waals surface area contributed by atoms with Crippen LogP contribution in [0.3, 0.4) is 0 Å². The Hall–Kier alpha value is -0.990. The summed E-state index contributed by atoms with van der Waals surface area (Å²) >= 11 is 5.68. The van der Waals surface area contributed by atoms with Gasteiger partial charge in [0.1, 0.15) is 12.4 Å². The van der Waals surface area contributed by atoms with Gasteiger partial charge in [0.2, 0.25) is 0 Å². The Bertz CT molecular complexity index is 365. The van der Waals surface area contributed by atoms with Crippen LogP contribution in [0.5, 0.6) is 5.75 Å². The smallest absolute Gasteiger partial charge is 0.125 e. The molecule has 3 heteroatoms. The molecule has 0 atom stereocenters. The van der Waals surface area contributed by atoms with Gasteiger partial charge >= 0.3 is 0 Å². The molecule has 0 bridgehead atoms. The van der Waals surface area contributed by atoms with Gasteiger partial charge in [0, 0.05) is 5.03 Å². The SMILES string of the molecule is C=C(Cl)COc1c(C)cc(CCN)cc1C. The van der Waals surface area contributed by atoms with Gasteiger partial charge in [0.05, 0.1) is 0 Å². The second kappa shape index (κ2) is 5.92. The molecule has 0 aliphatic carbocycles. The number of aryl methyl sites for hydroxylation is 2. The van der Waals surface area contributed by atoms with Crippen LogP contribution in [0.1, 0.15) is 16.7 Å². The summed E-state index contributed by atoms with van der Waals surface area (Å²) in [6.45, 7) is 8.67. The van der Waals surface area contributed by atoms with Crippen LogP contribution in [0.15, 0.2) is 23.7 Å². The molecule has 0 amide bonds. The van der Waals surface area contributed by atoms with Gasteiger partial charge in [-0.2, -0.15) is 0 Å². The number of hydrogen-bond donors (Lipinski definition) is 1. The molecule has 0 saturated heterocycles. The lowest BCUT2D eigenvalue weighted by molar-refractivity contribution is 0.354. The molecule has 0 radical (unpaired) electrons. The number of halogens is 1. The van der Waals surface area contributed by atoms with E-state index in [2.05, 4.69) is 18.7 Å². The molecule has 0 heterocycles. The average molecular weight is 240 g/mol. The van der Waals surface area contributed by atoms with Gasteiger partial charge in [-0.15, -0.1) is 0 Å². The van der Waals surface area contributed by atoms with Gasteiger partial charge in [-0.1, -0.05) is 30.3 Å². The third-order valence-electron chi connectivity index (χ3n) is 2.33. The fraction of sp³-hybridized carbons (Fsp3) is 0.385. The molecule has 0 aliphatic heterocycles. The summed E-state index contributed by atoms with van der Waals surface area (Å²) in [5.41, 5.74) is 9.01. The first-order valence-electron chi connectivity index (χ1n) is 5.31. The molecule has 1 aromatic rings. The summed E-state index contributed by atoms with van der Waals surface area (Å²) in [5.74, 6) is 0.891. The number of benzene rings is 1. The Morgan fingerprint density at radius 1 is 1.38 bits per heavy atom. The van der Waals surface area contributed by atoms with Crippen molar-refractivity contribution in [2.75, 3.05) is 13.2 Å². The lowest BCUT2D eigenvalue weighted by atomic mass is 10.0. The molecule has 0 unspecified atom stereocenters. The molecule has 0 aliphatic rings. The Labute approximate surface area is 102 Å². The number of rotatable bonds is 5. The van der Waals surface area contributed by atoms with E-state index in [0.717, 1.165) is 23.3 Å². The third kappa shape index (κ3) is 3.54. The van der Waals surface area contributed by atoms with E-state index in [-0.39, 0.29) is 0 Å². The van der Waals surface area contributed by atoms with Crippen molar-refractivity contribution in [3.05, 3.63) is 40.4 Å². The van der Waals surface area contributed by atoms with Crippen LogP contribution >= 0.6 is 11.6 Å². The highest BCUT2D eigenvalue weighted by Crippen LogP contribution is 2.25. The first-order valence-corrected chi connectivity index (χ1v) is 5.68. The normalized spacial score (nSPS) is 10.2. The minimum atomic E-state index is 0.347. The predicted molar refractivity (Wildman–Crippen MR) is 69.2 cm³/mol. The molecule has 2 nitrogen and oxygen atoms in total. The second-order valence-corrected chi connectivity index (χ2v) is 4.44. The molecule has 0 spiro atoms. The van der Waals surface area contributed by atoms with Crippen molar-refractivity contribution >= 4 is 11.6 Å². The lowest BCUT2D eigenvalue weighted by Crippen LogP contribution is -2.05.